The van der Waals surface area contributed by atoms with E-state index in [1.54, 1.807) is 12.3 Å². The molecule has 2 heterocycles. The second-order valence-corrected chi connectivity index (χ2v) is 5.67. The fourth-order valence-corrected chi connectivity index (χ4v) is 2.52. The number of nitrogens with one attached hydrogen (secondary N) is 1. The average Bonchev–Trinajstić information content (AvgIpc) is 2.70. The number of hydrogen-bond acceptors (Lipinski definition) is 4. The van der Waals surface area contributed by atoms with E-state index in [1.165, 1.54) is 0 Å². The van der Waals surface area contributed by atoms with Crippen LogP contribution in [0.3, 0.4) is 0 Å². The molecule has 1 aliphatic rings. The Kier molecular flexibility index (Phi) is 5.82. The maximum Gasteiger partial charge on any atom is 0.255 e. The van der Waals surface area contributed by atoms with Crippen LogP contribution in [0.1, 0.15) is 37.0 Å². The number of anilines is 1. The van der Waals surface area contributed by atoms with Gasteiger partial charge in [0.2, 0.25) is 0 Å². The van der Waals surface area contributed by atoms with Crippen LogP contribution in [0, 0.1) is 0 Å². The van der Waals surface area contributed by atoms with Crippen molar-refractivity contribution in [3.8, 4) is 0 Å². The Balaban J connectivity index is 2.09. The van der Waals surface area contributed by atoms with Crippen molar-refractivity contribution in [2.45, 2.75) is 32.8 Å². The van der Waals surface area contributed by atoms with Gasteiger partial charge in [-0.05, 0) is 25.8 Å². The first kappa shape index (κ1) is 16.0. The number of aromatic nitrogens is 1. The number of ether oxygens (including phenoxy) is 1. The van der Waals surface area contributed by atoms with Gasteiger partial charge in [-0.25, -0.2) is 4.98 Å². The molecule has 1 atom stereocenters. The Morgan fingerprint density at radius 3 is 3.14 bits per heavy atom. The van der Waals surface area contributed by atoms with Crippen LogP contribution in [0.2, 0.25) is 5.02 Å². The van der Waals surface area contributed by atoms with Gasteiger partial charge >= 0.3 is 0 Å². The highest BCUT2D eigenvalue weighted by molar-refractivity contribution is 6.33. The highest BCUT2D eigenvalue weighted by atomic mass is 35.5. The molecule has 1 aliphatic heterocycles. The lowest BCUT2D eigenvalue weighted by molar-refractivity contribution is 0.0562. The molecule has 0 saturated carbocycles. The minimum atomic E-state index is -0.0382. The minimum Gasteiger partial charge on any atom is -0.377 e. The summed E-state index contributed by atoms with van der Waals surface area (Å²) in [6.45, 7) is 6.86. The summed E-state index contributed by atoms with van der Waals surface area (Å²) in [5, 5.41) is 3.62. The normalized spacial score (nSPS) is 19.2. The zero-order valence-corrected chi connectivity index (χ0v) is 13.3. The highest BCUT2D eigenvalue weighted by Gasteiger charge is 2.22. The van der Waals surface area contributed by atoms with Crippen molar-refractivity contribution in [1.29, 1.82) is 0 Å². The smallest absolute Gasteiger partial charge is 0.255 e. The largest absolute Gasteiger partial charge is 0.377 e. The molecule has 116 valence electrons. The summed E-state index contributed by atoms with van der Waals surface area (Å²) in [5.74, 6) is 0.589. The van der Waals surface area contributed by atoms with Crippen molar-refractivity contribution in [2.75, 3.05) is 31.6 Å². The first-order valence-corrected chi connectivity index (χ1v) is 7.80. The number of nitrogens with zero attached hydrogens (tertiary/aromatic N) is 2. The Bertz CT molecular complexity index is 496. The van der Waals surface area contributed by atoms with Crippen molar-refractivity contribution in [2.24, 2.45) is 0 Å². The Hall–Kier alpha value is -1.33. The molecular formula is C15H22ClN3O2. The van der Waals surface area contributed by atoms with Gasteiger partial charge in [-0.3, -0.25) is 4.79 Å². The van der Waals surface area contributed by atoms with E-state index in [1.807, 2.05) is 11.8 Å². The second kappa shape index (κ2) is 7.61. The number of halogens is 1. The van der Waals surface area contributed by atoms with E-state index in [2.05, 4.69) is 17.2 Å². The van der Waals surface area contributed by atoms with Gasteiger partial charge < -0.3 is 15.0 Å². The summed E-state index contributed by atoms with van der Waals surface area (Å²) < 4.78 is 5.56. The van der Waals surface area contributed by atoms with Gasteiger partial charge in [0.15, 0.2) is 0 Å². The van der Waals surface area contributed by atoms with Gasteiger partial charge in [-0.2, -0.15) is 0 Å². The molecule has 1 amide bonds. The molecule has 6 heteroatoms. The van der Waals surface area contributed by atoms with Crippen molar-refractivity contribution in [3.63, 3.8) is 0 Å². The predicted octanol–water partition coefficient (Wildman–Crippen LogP) is 2.81. The third-order valence-corrected chi connectivity index (χ3v) is 3.66. The first-order valence-electron chi connectivity index (χ1n) is 7.42. The van der Waals surface area contributed by atoms with Crippen molar-refractivity contribution >= 4 is 23.3 Å². The molecule has 1 fully saturated rings. The Labute approximate surface area is 130 Å². The number of carbonyl (C=O) groups is 1. The quantitative estimate of drug-likeness (QED) is 0.929. The molecule has 5 nitrogen and oxygen atoms in total. The molecule has 1 N–H and O–H groups in total. The lowest BCUT2D eigenvalue weighted by atomic mass is 10.2. The maximum absolute atomic E-state index is 12.5. The zero-order chi connectivity index (χ0) is 15.2. The summed E-state index contributed by atoms with van der Waals surface area (Å²) in [4.78, 5) is 18.6. The predicted molar refractivity (Wildman–Crippen MR) is 84.0 cm³/mol. The fraction of sp³-hybridized carbons (Fsp3) is 0.600. The van der Waals surface area contributed by atoms with Crippen LogP contribution >= 0.6 is 11.6 Å². The van der Waals surface area contributed by atoms with Gasteiger partial charge in [-0.1, -0.05) is 18.5 Å². The van der Waals surface area contributed by atoms with Crippen LogP contribution in [0.5, 0.6) is 0 Å². The molecule has 2 rings (SSSR count). The molecule has 1 saturated heterocycles. The monoisotopic (exact) mass is 311 g/mol. The average molecular weight is 312 g/mol. The molecule has 0 spiro atoms. The molecular weight excluding hydrogens is 290 g/mol. The van der Waals surface area contributed by atoms with Crippen LogP contribution in [0.15, 0.2) is 12.3 Å². The van der Waals surface area contributed by atoms with E-state index in [-0.39, 0.29) is 12.0 Å². The lowest BCUT2D eigenvalue weighted by Gasteiger charge is -2.22. The molecule has 21 heavy (non-hydrogen) atoms. The number of amides is 1. The first-order chi connectivity index (χ1) is 10.1. The van der Waals surface area contributed by atoms with E-state index >= 15 is 0 Å². The van der Waals surface area contributed by atoms with Gasteiger partial charge in [0.1, 0.15) is 5.82 Å². The van der Waals surface area contributed by atoms with E-state index in [0.29, 0.717) is 36.1 Å². The third kappa shape index (κ3) is 4.32. The minimum absolute atomic E-state index is 0.0382. The highest BCUT2D eigenvalue weighted by Crippen LogP contribution is 2.21. The van der Waals surface area contributed by atoms with Gasteiger partial charge in [0, 0.05) is 32.4 Å². The van der Waals surface area contributed by atoms with Crippen molar-refractivity contribution < 1.29 is 9.53 Å². The summed E-state index contributed by atoms with van der Waals surface area (Å²) >= 11 is 6.19. The molecule has 0 bridgehead atoms. The molecule has 0 aliphatic carbocycles. The summed E-state index contributed by atoms with van der Waals surface area (Å²) in [5.41, 5.74) is 0.524. The third-order valence-electron chi connectivity index (χ3n) is 3.37. The summed E-state index contributed by atoms with van der Waals surface area (Å²) in [7, 11) is 0. The van der Waals surface area contributed by atoms with Crippen LogP contribution in [0.4, 0.5) is 5.82 Å². The number of carbonyl (C=O) groups excluding carboxylic acids is 1. The standard InChI is InChI=1S/C15H22ClN3O2/c1-3-5-17-14-13(16)8-12(9-18-14)15(20)19-6-4-7-21-11(2)10-19/h8-9,11H,3-7,10H2,1-2H3,(H,17,18). The molecule has 1 unspecified atom stereocenters. The van der Waals surface area contributed by atoms with Gasteiger partial charge in [0.25, 0.3) is 5.91 Å². The van der Waals surface area contributed by atoms with Crippen LogP contribution in [-0.2, 0) is 4.74 Å². The van der Waals surface area contributed by atoms with E-state index in [4.69, 9.17) is 16.3 Å². The van der Waals surface area contributed by atoms with E-state index in [9.17, 15) is 4.79 Å². The molecule has 1 aromatic rings. The van der Waals surface area contributed by atoms with Crippen molar-refractivity contribution in [1.82, 2.24) is 9.88 Å². The van der Waals surface area contributed by atoms with Crippen LogP contribution < -0.4 is 5.32 Å². The number of pyridine rings is 1. The summed E-state index contributed by atoms with van der Waals surface area (Å²) in [6, 6.07) is 1.69. The second-order valence-electron chi connectivity index (χ2n) is 5.27. The Morgan fingerprint density at radius 2 is 2.43 bits per heavy atom. The van der Waals surface area contributed by atoms with Gasteiger partial charge in [0.05, 0.1) is 16.7 Å². The topological polar surface area (TPSA) is 54.5 Å². The molecule has 0 radical (unpaired) electrons. The number of rotatable bonds is 4. The van der Waals surface area contributed by atoms with Gasteiger partial charge in [-0.15, -0.1) is 0 Å². The SMILES string of the molecule is CCCNc1ncc(C(=O)N2CCCOC(C)C2)cc1Cl. The zero-order valence-electron chi connectivity index (χ0n) is 12.6. The molecule has 1 aromatic heterocycles. The lowest BCUT2D eigenvalue weighted by Crippen LogP contribution is -2.36. The molecule has 0 aromatic carbocycles. The van der Waals surface area contributed by atoms with Crippen LogP contribution in [0.25, 0.3) is 0 Å². The number of hydrogen-bond donors (Lipinski definition) is 1. The Morgan fingerprint density at radius 1 is 1.62 bits per heavy atom. The van der Waals surface area contributed by atoms with Crippen molar-refractivity contribution in [3.05, 3.63) is 22.8 Å². The maximum atomic E-state index is 12.5. The van der Waals surface area contributed by atoms with Crippen LogP contribution in [-0.4, -0.2) is 48.1 Å². The summed E-state index contributed by atoms with van der Waals surface area (Å²) in [6.07, 6.45) is 3.49. The van der Waals surface area contributed by atoms with E-state index in [0.717, 1.165) is 19.4 Å². The van der Waals surface area contributed by atoms with E-state index < -0.39 is 0 Å². The fourth-order valence-electron chi connectivity index (χ4n) is 2.29.